The summed E-state index contributed by atoms with van der Waals surface area (Å²) in [7, 11) is 1.58. The van der Waals surface area contributed by atoms with Gasteiger partial charge in [-0.2, -0.15) is 0 Å². The molecular weight excluding hydrogens is 548 g/mol. The minimum Gasteiger partial charge on any atom is -0.493 e. The summed E-state index contributed by atoms with van der Waals surface area (Å²) in [5.41, 5.74) is 2.87. The van der Waals surface area contributed by atoms with Crippen LogP contribution in [0.5, 0.6) is 11.5 Å². The highest BCUT2D eigenvalue weighted by Gasteiger charge is 2.22. The van der Waals surface area contributed by atoms with E-state index in [1.807, 2.05) is 58.9 Å². The Balaban J connectivity index is 1.26. The van der Waals surface area contributed by atoms with Gasteiger partial charge in [0, 0.05) is 30.2 Å². The Labute approximate surface area is 253 Å². The maximum atomic E-state index is 12.8. The molecule has 0 saturated carbocycles. The van der Waals surface area contributed by atoms with Gasteiger partial charge in [-0.3, -0.25) is 5.32 Å². The second kappa shape index (κ2) is 14.4. The number of hydrogen-bond donors (Lipinski definition) is 3. The molecule has 1 saturated heterocycles. The molecule has 11 heteroatoms. The second-order valence-electron chi connectivity index (χ2n) is 12.0. The highest BCUT2D eigenvalue weighted by Crippen LogP contribution is 2.34. The number of hydrogen-bond acceptors (Lipinski definition) is 8. The molecule has 3 aromatic rings. The Morgan fingerprint density at radius 3 is 2.42 bits per heavy atom. The van der Waals surface area contributed by atoms with Gasteiger partial charge in [-0.15, -0.1) is 0 Å². The molecule has 43 heavy (non-hydrogen) atoms. The van der Waals surface area contributed by atoms with Crippen LogP contribution in [0.4, 0.5) is 21.1 Å². The first-order chi connectivity index (χ1) is 20.5. The molecule has 232 valence electrons. The topological polar surface area (TPSA) is 127 Å². The van der Waals surface area contributed by atoms with Crippen LogP contribution in [0, 0.1) is 19.8 Å². The predicted octanol–water partition coefficient (Wildman–Crippen LogP) is 5.90. The summed E-state index contributed by atoms with van der Waals surface area (Å²) in [6, 6.07) is 9.07. The fraction of sp³-hybridized carbons (Fsp3) is 0.500. The molecule has 3 N–H and O–H groups in total. The van der Waals surface area contributed by atoms with Crippen LogP contribution >= 0.6 is 0 Å². The number of methoxy groups -OCH3 is 1. The van der Waals surface area contributed by atoms with Gasteiger partial charge in [0.05, 0.1) is 19.2 Å². The van der Waals surface area contributed by atoms with Gasteiger partial charge in [0.15, 0.2) is 11.5 Å². The molecule has 0 atom stereocenters. The molecule has 0 spiro atoms. The minimum absolute atomic E-state index is 0.353. The normalized spacial score (nSPS) is 14.3. The number of benzene rings is 2. The molecular formula is C32H44N6O5. The second-order valence-corrected chi connectivity index (χ2v) is 12.0. The van der Waals surface area contributed by atoms with Crippen LogP contribution in [0.15, 0.2) is 36.7 Å². The third-order valence-electron chi connectivity index (χ3n) is 7.39. The van der Waals surface area contributed by atoms with E-state index in [2.05, 4.69) is 30.8 Å². The first-order valence-corrected chi connectivity index (χ1v) is 14.8. The van der Waals surface area contributed by atoms with Gasteiger partial charge in [-0.05, 0) is 90.1 Å². The standard InChI is InChI=1S/C32H44N6O5/c1-21-9-7-10-22(2)28(21)36-30(39)37-29-24-17-26(41-6)27(18-25(24)34-20-35-29)42-16-8-13-38-14-11-23(12-15-38)19-33-31(40)43-32(3,4)5/h7,9-10,17-18,20,23H,8,11-16,19H2,1-6H3,(H,33,40)(H2,34,35,36,37,39). The van der Waals surface area contributed by atoms with E-state index in [1.54, 1.807) is 13.2 Å². The number of ether oxygens (including phenoxy) is 3. The summed E-state index contributed by atoms with van der Waals surface area (Å²) >= 11 is 0. The molecule has 2 aromatic carbocycles. The Kier molecular flexibility index (Phi) is 10.6. The van der Waals surface area contributed by atoms with E-state index in [0.29, 0.717) is 47.3 Å². The van der Waals surface area contributed by atoms with Crippen molar-refractivity contribution in [1.82, 2.24) is 20.2 Å². The fourth-order valence-electron chi connectivity index (χ4n) is 5.13. The van der Waals surface area contributed by atoms with E-state index >= 15 is 0 Å². The van der Waals surface area contributed by atoms with Crippen molar-refractivity contribution in [1.29, 1.82) is 0 Å². The molecule has 2 heterocycles. The van der Waals surface area contributed by atoms with Gasteiger partial charge in [-0.1, -0.05) is 18.2 Å². The lowest BCUT2D eigenvalue weighted by atomic mass is 9.97. The van der Waals surface area contributed by atoms with Crippen molar-refractivity contribution >= 4 is 34.5 Å². The number of nitrogens with zero attached hydrogens (tertiary/aromatic N) is 3. The smallest absolute Gasteiger partial charge is 0.407 e. The van der Waals surface area contributed by atoms with Gasteiger partial charge < -0.3 is 29.7 Å². The number of rotatable bonds is 10. The molecule has 1 aliphatic rings. The zero-order valence-corrected chi connectivity index (χ0v) is 26.1. The Morgan fingerprint density at radius 1 is 1.02 bits per heavy atom. The number of piperidine rings is 1. The molecule has 11 nitrogen and oxygen atoms in total. The lowest BCUT2D eigenvalue weighted by molar-refractivity contribution is 0.0509. The molecule has 1 fully saturated rings. The van der Waals surface area contributed by atoms with E-state index in [9.17, 15) is 9.59 Å². The first kappa shape index (κ1) is 31.8. The Bertz CT molecular complexity index is 1400. The lowest BCUT2D eigenvalue weighted by Crippen LogP contribution is -2.40. The van der Waals surface area contributed by atoms with E-state index in [0.717, 1.165) is 55.7 Å². The summed E-state index contributed by atoms with van der Waals surface area (Å²) in [5, 5.41) is 9.31. The summed E-state index contributed by atoms with van der Waals surface area (Å²) < 4.78 is 17.0. The van der Waals surface area contributed by atoms with Crippen LogP contribution in [-0.2, 0) is 4.74 Å². The number of carbonyl (C=O) groups is 2. The monoisotopic (exact) mass is 592 g/mol. The molecule has 0 bridgehead atoms. The maximum absolute atomic E-state index is 12.8. The Morgan fingerprint density at radius 2 is 1.74 bits per heavy atom. The minimum atomic E-state index is -0.486. The van der Waals surface area contributed by atoms with Crippen LogP contribution < -0.4 is 25.4 Å². The molecule has 1 aliphatic heterocycles. The average molecular weight is 593 g/mol. The van der Waals surface area contributed by atoms with E-state index < -0.39 is 5.60 Å². The fourth-order valence-corrected chi connectivity index (χ4v) is 5.13. The van der Waals surface area contributed by atoms with Crippen LogP contribution in [0.25, 0.3) is 10.9 Å². The molecule has 3 amide bonds. The van der Waals surface area contributed by atoms with Crippen molar-refractivity contribution in [3.63, 3.8) is 0 Å². The first-order valence-electron chi connectivity index (χ1n) is 14.8. The Hall–Kier alpha value is -4.12. The number of aromatic nitrogens is 2. The molecule has 0 radical (unpaired) electrons. The van der Waals surface area contributed by atoms with Crippen LogP contribution in [0.2, 0.25) is 0 Å². The predicted molar refractivity (Wildman–Crippen MR) is 168 cm³/mol. The third kappa shape index (κ3) is 9.18. The number of amides is 3. The van der Waals surface area contributed by atoms with Crippen molar-refractivity contribution in [3.05, 3.63) is 47.8 Å². The summed E-state index contributed by atoms with van der Waals surface area (Å²) in [6.45, 7) is 13.6. The lowest BCUT2D eigenvalue weighted by Gasteiger charge is -2.32. The van der Waals surface area contributed by atoms with E-state index in [-0.39, 0.29) is 12.1 Å². The van der Waals surface area contributed by atoms with Gasteiger partial charge in [0.2, 0.25) is 0 Å². The number of likely N-dealkylation sites (tertiary alicyclic amines) is 1. The maximum Gasteiger partial charge on any atom is 0.407 e. The van der Waals surface area contributed by atoms with Gasteiger partial charge in [0.25, 0.3) is 0 Å². The van der Waals surface area contributed by atoms with E-state index in [1.165, 1.54) is 6.33 Å². The molecule has 1 aromatic heterocycles. The van der Waals surface area contributed by atoms with E-state index in [4.69, 9.17) is 14.2 Å². The highest BCUT2D eigenvalue weighted by atomic mass is 16.6. The van der Waals surface area contributed by atoms with Gasteiger partial charge in [0.1, 0.15) is 17.7 Å². The number of urea groups is 1. The molecule has 0 aliphatic carbocycles. The zero-order valence-electron chi connectivity index (χ0n) is 26.1. The van der Waals surface area contributed by atoms with Crippen molar-refractivity contribution in [3.8, 4) is 11.5 Å². The summed E-state index contributed by atoms with van der Waals surface area (Å²) in [4.78, 5) is 35.9. The van der Waals surface area contributed by atoms with Gasteiger partial charge >= 0.3 is 12.1 Å². The SMILES string of the molecule is COc1cc2c(NC(=O)Nc3c(C)cccc3C)ncnc2cc1OCCCN1CCC(CNC(=O)OC(C)(C)C)CC1. The van der Waals surface area contributed by atoms with Crippen LogP contribution in [0.3, 0.4) is 0 Å². The number of fused-ring (bicyclic) bond motifs is 1. The number of aryl methyl sites for hydroxylation is 2. The number of carbonyl (C=O) groups excluding carboxylic acids is 2. The van der Waals surface area contributed by atoms with Crippen molar-refractivity contribution in [2.24, 2.45) is 5.92 Å². The van der Waals surface area contributed by atoms with Crippen molar-refractivity contribution in [2.45, 2.75) is 59.5 Å². The largest absolute Gasteiger partial charge is 0.493 e. The molecule has 4 rings (SSSR count). The molecule has 0 unspecified atom stereocenters. The van der Waals surface area contributed by atoms with Gasteiger partial charge in [-0.25, -0.2) is 19.6 Å². The average Bonchev–Trinajstić information content (AvgIpc) is 2.95. The number of anilines is 2. The number of nitrogens with one attached hydrogen (secondary N) is 3. The quantitative estimate of drug-likeness (QED) is 0.248. The van der Waals surface area contributed by atoms with Crippen molar-refractivity contribution in [2.75, 3.05) is 50.5 Å². The van der Waals surface area contributed by atoms with Crippen LogP contribution in [0.1, 0.15) is 51.2 Å². The van der Waals surface area contributed by atoms with Crippen LogP contribution in [-0.4, -0.2) is 72.5 Å². The third-order valence-corrected chi connectivity index (χ3v) is 7.39. The number of para-hydroxylation sites is 1. The number of alkyl carbamates (subject to hydrolysis) is 1. The summed E-state index contributed by atoms with van der Waals surface area (Å²) in [6.07, 6.45) is 3.99. The zero-order chi connectivity index (χ0) is 31.0. The summed E-state index contributed by atoms with van der Waals surface area (Å²) in [5.74, 6) is 1.97. The van der Waals surface area contributed by atoms with Crippen molar-refractivity contribution < 1.29 is 23.8 Å². The highest BCUT2D eigenvalue weighted by molar-refractivity contribution is 6.05.